The maximum absolute atomic E-state index is 9.42. The van der Waals surface area contributed by atoms with E-state index in [9.17, 15) is 10.2 Å². The number of aryl methyl sites for hydroxylation is 1. The molecule has 0 aliphatic rings. The van der Waals surface area contributed by atoms with Crippen LogP contribution in [0.1, 0.15) is 17.0 Å². The second kappa shape index (κ2) is 12.7. The predicted molar refractivity (Wildman–Crippen MR) is 160 cm³/mol. The number of methoxy groups -OCH3 is 1. The summed E-state index contributed by atoms with van der Waals surface area (Å²) in [5, 5.41) is 21.0. The number of phenolic OH excluding ortho intramolecular Hbond substituents is 2. The van der Waals surface area contributed by atoms with Gasteiger partial charge in [0.15, 0.2) is 11.5 Å². The molecule has 0 saturated heterocycles. The van der Waals surface area contributed by atoms with E-state index in [0.717, 1.165) is 44.5 Å². The Hall–Kier alpha value is -5.30. The first kappa shape index (κ1) is 27.3. The Morgan fingerprint density at radius 1 is 0.561 bits per heavy atom. The molecule has 7 heteroatoms. The van der Waals surface area contributed by atoms with Crippen LogP contribution in [-0.2, 0) is 13.2 Å². The molecule has 0 aliphatic carbocycles. The van der Waals surface area contributed by atoms with E-state index in [1.807, 2.05) is 79.7 Å². The van der Waals surface area contributed by atoms with Crippen LogP contribution < -0.4 is 14.2 Å². The molecule has 0 atom stereocenters. The van der Waals surface area contributed by atoms with Crippen molar-refractivity contribution in [1.29, 1.82) is 0 Å². The number of nitrogens with zero attached hydrogens (tertiary/aromatic N) is 2. The summed E-state index contributed by atoms with van der Waals surface area (Å²) in [6, 6.07) is 33.8. The summed E-state index contributed by atoms with van der Waals surface area (Å²) in [4.78, 5) is 9.11. The largest absolute Gasteiger partial charge is 0.508 e. The molecule has 7 nitrogen and oxygen atoms in total. The first-order valence-electron chi connectivity index (χ1n) is 13.1. The number of hydrogen-bond donors (Lipinski definition) is 2. The molecule has 0 saturated carbocycles. The van der Waals surface area contributed by atoms with Gasteiger partial charge in [0.05, 0.1) is 29.5 Å². The summed E-state index contributed by atoms with van der Waals surface area (Å²) >= 11 is 0. The van der Waals surface area contributed by atoms with Gasteiger partial charge in [0.1, 0.15) is 30.5 Å². The van der Waals surface area contributed by atoms with Crippen LogP contribution in [0.4, 0.5) is 0 Å². The van der Waals surface area contributed by atoms with Gasteiger partial charge < -0.3 is 24.4 Å². The van der Waals surface area contributed by atoms with Crippen molar-refractivity contribution in [2.45, 2.75) is 20.1 Å². The highest BCUT2D eigenvalue weighted by molar-refractivity contribution is 5.79. The first-order chi connectivity index (χ1) is 20.0. The zero-order valence-corrected chi connectivity index (χ0v) is 22.8. The topological polar surface area (TPSA) is 93.9 Å². The SMILES string of the molecule is COc1cc(O)ccc1OCc1ccc2ccccc2n1.Cc1cc(O)ccc1OCc1ccc2ccccc2n1. The molecular formula is C34H30N2O5. The fraction of sp³-hybridized carbons (Fsp3) is 0.118. The van der Waals surface area contributed by atoms with Crippen LogP contribution in [-0.4, -0.2) is 27.3 Å². The lowest BCUT2D eigenvalue weighted by Gasteiger charge is -2.10. The van der Waals surface area contributed by atoms with E-state index < -0.39 is 0 Å². The molecule has 2 aromatic heterocycles. The van der Waals surface area contributed by atoms with Crippen LogP contribution >= 0.6 is 0 Å². The number of phenols is 2. The molecule has 6 rings (SSSR count). The molecule has 0 amide bonds. The number of benzene rings is 4. The molecule has 2 heterocycles. The van der Waals surface area contributed by atoms with E-state index in [2.05, 4.69) is 9.97 Å². The van der Waals surface area contributed by atoms with Gasteiger partial charge in [-0.15, -0.1) is 0 Å². The number of para-hydroxylation sites is 2. The van der Waals surface area contributed by atoms with E-state index in [4.69, 9.17) is 14.2 Å². The number of aromatic nitrogens is 2. The van der Waals surface area contributed by atoms with Gasteiger partial charge in [-0.3, -0.25) is 0 Å². The van der Waals surface area contributed by atoms with Crippen molar-refractivity contribution in [2.75, 3.05) is 7.11 Å². The van der Waals surface area contributed by atoms with Crippen LogP contribution in [0, 0.1) is 6.92 Å². The minimum atomic E-state index is 0.142. The van der Waals surface area contributed by atoms with Crippen molar-refractivity contribution in [2.24, 2.45) is 0 Å². The number of pyridine rings is 2. The van der Waals surface area contributed by atoms with Crippen molar-refractivity contribution < 1.29 is 24.4 Å². The Balaban J connectivity index is 0.000000165. The van der Waals surface area contributed by atoms with Crippen LogP contribution in [0.5, 0.6) is 28.7 Å². The minimum absolute atomic E-state index is 0.142. The monoisotopic (exact) mass is 546 g/mol. The Morgan fingerprint density at radius 2 is 1.07 bits per heavy atom. The third kappa shape index (κ3) is 7.02. The van der Waals surface area contributed by atoms with E-state index in [1.54, 1.807) is 30.3 Å². The average Bonchev–Trinajstić information content (AvgIpc) is 3.00. The maximum atomic E-state index is 9.42. The van der Waals surface area contributed by atoms with Gasteiger partial charge in [-0.1, -0.05) is 48.5 Å². The zero-order chi connectivity index (χ0) is 28.6. The third-order valence-corrected chi connectivity index (χ3v) is 6.37. The summed E-state index contributed by atoms with van der Waals surface area (Å²) in [6.07, 6.45) is 0. The molecule has 0 fully saturated rings. The quantitative estimate of drug-likeness (QED) is 0.216. The summed E-state index contributed by atoms with van der Waals surface area (Å²) in [7, 11) is 1.54. The number of fused-ring (bicyclic) bond motifs is 2. The molecule has 0 aliphatic heterocycles. The summed E-state index contributed by atoms with van der Waals surface area (Å²) < 4.78 is 16.7. The highest BCUT2D eigenvalue weighted by Gasteiger charge is 2.07. The Bertz CT molecular complexity index is 1790. The van der Waals surface area contributed by atoms with Gasteiger partial charge in [-0.25, -0.2) is 9.97 Å². The molecule has 6 aromatic rings. The van der Waals surface area contributed by atoms with Crippen LogP contribution in [0.3, 0.4) is 0 Å². The summed E-state index contributed by atoms with van der Waals surface area (Å²) in [6.45, 7) is 2.66. The number of rotatable bonds is 7. The zero-order valence-electron chi connectivity index (χ0n) is 22.8. The number of hydrogen-bond acceptors (Lipinski definition) is 7. The molecule has 4 aromatic carbocycles. The smallest absolute Gasteiger partial charge is 0.164 e. The minimum Gasteiger partial charge on any atom is -0.508 e. The van der Waals surface area contributed by atoms with Gasteiger partial charge in [0.2, 0.25) is 0 Å². The summed E-state index contributed by atoms with van der Waals surface area (Å²) in [5.74, 6) is 2.22. The fourth-order valence-corrected chi connectivity index (χ4v) is 4.25. The van der Waals surface area contributed by atoms with Crippen LogP contribution in [0.15, 0.2) is 109 Å². The first-order valence-corrected chi connectivity index (χ1v) is 13.1. The van der Waals surface area contributed by atoms with E-state index in [0.29, 0.717) is 24.7 Å². The molecule has 2 N–H and O–H groups in total. The number of ether oxygens (including phenoxy) is 3. The van der Waals surface area contributed by atoms with Gasteiger partial charge >= 0.3 is 0 Å². The van der Waals surface area contributed by atoms with Crippen molar-refractivity contribution in [3.05, 3.63) is 126 Å². The summed E-state index contributed by atoms with van der Waals surface area (Å²) in [5.41, 5.74) is 4.54. The number of aromatic hydroxyl groups is 2. The predicted octanol–water partition coefficient (Wildman–Crippen LogP) is 7.36. The van der Waals surface area contributed by atoms with Crippen LogP contribution in [0.2, 0.25) is 0 Å². The van der Waals surface area contributed by atoms with Gasteiger partial charge in [0, 0.05) is 16.8 Å². The highest BCUT2D eigenvalue weighted by atomic mass is 16.5. The van der Waals surface area contributed by atoms with Crippen LogP contribution in [0.25, 0.3) is 21.8 Å². The standard InChI is InChI=1S/C17H15NO3.C17H15NO2/c1-20-17-10-14(19)8-9-16(17)21-11-13-7-6-12-4-2-3-5-15(12)18-13;1-12-10-15(19)8-9-17(12)20-11-14-7-6-13-4-2-3-5-16(13)18-14/h2-10,19H,11H2,1H3;2-10,19H,11H2,1H3. The lowest BCUT2D eigenvalue weighted by Crippen LogP contribution is -1.99. The molecule has 41 heavy (non-hydrogen) atoms. The maximum Gasteiger partial charge on any atom is 0.164 e. The molecule has 206 valence electrons. The van der Waals surface area contributed by atoms with E-state index >= 15 is 0 Å². The van der Waals surface area contributed by atoms with Crippen molar-refractivity contribution in [3.63, 3.8) is 0 Å². The van der Waals surface area contributed by atoms with Gasteiger partial charge in [0.25, 0.3) is 0 Å². The van der Waals surface area contributed by atoms with Crippen molar-refractivity contribution in [1.82, 2.24) is 9.97 Å². The van der Waals surface area contributed by atoms with Crippen molar-refractivity contribution in [3.8, 4) is 28.7 Å². The van der Waals surface area contributed by atoms with Crippen molar-refractivity contribution >= 4 is 21.8 Å². The second-order valence-corrected chi connectivity index (χ2v) is 9.35. The Kier molecular flexibility index (Phi) is 8.45. The van der Waals surface area contributed by atoms with E-state index in [-0.39, 0.29) is 11.5 Å². The lowest BCUT2D eigenvalue weighted by molar-refractivity contribution is 0.280. The molecule has 0 bridgehead atoms. The normalized spacial score (nSPS) is 10.6. The highest BCUT2D eigenvalue weighted by Crippen LogP contribution is 2.31. The molecule has 0 unspecified atom stereocenters. The average molecular weight is 547 g/mol. The second-order valence-electron chi connectivity index (χ2n) is 9.35. The van der Waals surface area contributed by atoms with Gasteiger partial charge in [-0.05, 0) is 67.1 Å². The Labute approximate surface area is 238 Å². The third-order valence-electron chi connectivity index (χ3n) is 6.37. The van der Waals surface area contributed by atoms with Gasteiger partial charge in [-0.2, -0.15) is 0 Å². The lowest BCUT2D eigenvalue weighted by atomic mass is 10.2. The molecule has 0 radical (unpaired) electrons. The van der Waals surface area contributed by atoms with E-state index in [1.165, 1.54) is 13.2 Å². The molecular weight excluding hydrogens is 516 g/mol. The Morgan fingerprint density at radius 3 is 1.63 bits per heavy atom. The fourth-order valence-electron chi connectivity index (χ4n) is 4.25. The molecule has 0 spiro atoms.